The molecule has 0 unspecified atom stereocenters. The van der Waals surface area contributed by atoms with Crippen molar-refractivity contribution in [3.8, 4) is 0 Å². The second-order valence-corrected chi connectivity index (χ2v) is 4.77. The van der Waals surface area contributed by atoms with E-state index in [0.29, 0.717) is 6.61 Å². The van der Waals surface area contributed by atoms with Crippen LogP contribution in [0.5, 0.6) is 0 Å². The predicted molar refractivity (Wildman–Crippen MR) is 66.5 cm³/mol. The Morgan fingerprint density at radius 1 is 1.50 bits per heavy atom. The minimum Gasteiger partial charge on any atom is -0.463 e. The molecule has 1 heterocycles. The number of unbranched alkanes of at least 4 members (excludes halogenated alkanes) is 1. The molecule has 1 aromatic heterocycles. The van der Waals surface area contributed by atoms with Crippen LogP contribution in [0, 0.1) is 13.8 Å². The zero-order valence-corrected chi connectivity index (χ0v) is 10.8. The molecule has 0 bridgehead atoms. The third-order valence-corrected chi connectivity index (χ3v) is 3.09. The lowest BCUT2D eigenvalue weighted by Gasteiger charge is -1.98. The first-order valence-corrected chi connectivity index (χ1v) is 6.24. The van der Waals surface area contributed by atoms with Crippen molar-refractivity contribution in [1.82, 2.24) is 4.98 Å². The second-order valence-electron chi connectivity index (χ2n) is 3.54. The van der Waals surface area contributed by atoms with Gasteiger partial charge in [0.1, 0.15) is 0 Å². The number of hydrogen-bond donors (Lipinski definition) is 0. The first-order chi connectivity index (χ1) is 7.63. The van der Waals surface area contributed by atoms with Gasteiger partial charge in [-0.25, -0.2) is 9.78 Å². The Kier molecular flexibility index (Phi) is 5.19. The quantitative estimate of drug-likeness (QED) is 0.450. The lowest BCUT2D eigenvalue weighted by molar-refractivity contribution is -0.137. The monoisotopic (exact) mass is 239 g/mol. The maximum absolute atomic E-state index is 11.3. The SMILES string of the molecule is CCCCOC(=O)/C=C/c1sc(C)nc1C. The summed E-state index contributed by atoms with van der Waals surface area (Å²) in [6.45, 7) is 6.45. The van der Waals surface area contributed by atoms with Crippen molar-refractivity contribution < 1.29 is 9.53 Å². The Morgan fingerprint density at radius 3 is 2.81 bits per heavy atom. The lowest BCUT2D eigenvalue weighted by atomic mass is 10.3. The number of ether oxygens (including phenoxy) is 1. The average molecular weight is 239 g/mol. The van der Waals surface area contributed by atoms with Crippen molar-refractivity contribution in [2.24, 2.45) is 0 Å². The number of hydrogen-bond acceptors (Lipinski definition) is 4. The summed E-state index contributed by atoms with van der Waals surface area (Å²) < 4.78 is 5.01. The van der Waals surface area contributed by atoms with E-state index in [-0.39, 0.29) is 5.97 Å². The van der Waals surface area contributed by atoms with Crippen LogP contribution in [0.25, 0.3) is 6.08 Å². The van der Waals surface area contributed by atoms with Gasteiger partial charge in [-0.2, -0.15) is 0 Å². The smallest absolute Gasteiger partial charge is 0.330 e. The van der Waals surface area contributed by atoms with E-state index < -0.39 is 0 Å². The zero-order valence-electron chi connectivity index (χ0n) is 9.95. The van der Waals surface area contributed by atoms with Gasteiger partial charge in [-0.15, -0.1) is 11.3 Å². The summed E-state index contributed by atoms with van der Waals surface area (Å²) in [7, 11) is 0. The highest BCUT2D eigenvalue weighted by atomic mass is 32.1. The number of aromatic nitrogens is 1. The van der Waals surface area contributed by atoms with Crippen LogP contribution in [0.1, 0.15) is 35.3 Å². The number of aryl methyl sites for hydroxylation is 2. The summed E-state index contributed by atoms with van der Waals surface area (Å²) in [4.78, 5) is 16.6. The van der Waals surface area contributed by atoms with E-state index in [0.717, 1.165) is 28.4 Å². The van der Waals surface area contributed by atoms with Crippen molar-refractivity contribution in [3.63, 3.8) is 0 Å². The van der Waals surface area contributed by atoms with Gasteiger partial charge in [-0.3, -0.25) is 0 Å². The molecule has 0 aliphatic heterocycles. The molecular formula is C12H17NO2S. The van der Waals surface area contributed by atoms with Crippen molar-refractivity contribution in [1.29, 1.82) is 0 Å². The Balaban J connectivity index is 2.47. The first-order valence-electron chi connectivity index (χ1n) is 5.42. The average Bonchev–Trinajstić information content (AvgIpc) is 2.55. The van der Waals surface area contributed by atoms with E-state index in [2.05, 4.69) is 11.9 Å². The Morgan fingerprint density at radius 2 is 2.25 bits per heavy atom. The highest BCUT2D eigenvalue weighted by molar-refractivity contribution is 7.12. The Labute approximate surface area is 100 Å². The van der Waals surface area contributed by atoms with Gasteiger partial charge < -0.3 is 4.74 Å². The van der Waals surface area contributed by atoms with Crippen molar-refractivity contribution in [3.05, 3.63) is 21.7 Å². The summed E-state index contributed by atoms with van der Waals surface area (Å²) in [5, 5.41) is 1.01. The number of carbonyl (C=O) groups excluding carboxylic acids is 1. The van der Waals surface area contributed by atoms with Crippen LogP contribution in [0.2, 0.25) is 0 Å². The van der Waals surface area contributed by atoms with Crippen molar-refractivity contribution in [2.45, 2.75) is 33.6 Å². The van der Waals surface area contributed by atoms with Gasteiger partial charge in [0.05, 0.1) is 22.2 Å². The van der Waals surface area contributed by atoms with Gasteiger partial charge in [-0.05, 0) is 26.3 Å². The van der Waals surface area contributed by atoms with E-state index in [9.17, 15) is 4.79 Å². The number of carbonyl (C=O) groups is 1. The van der Waals surface area contributed by atoms with E-state index in [1.165, 1.54) is 6.08 Å². The Hall–Kier alpha value is -1.16. The maximum Gasteiger partial charge on any atom is 0.330 e. The van der Waals surface area contributed by atoms with Gasteiger partial charge >= 0.3 is 5.97 Å². The molecule has 0 saturated carbocycles. The summed E-state index contributed by atoms with van der Waals surface area (Å²) in [6.07, 6.45) is 5.19. The van der Waals surface area contributed by atoms with Crippen LogP contribution in [-0.4, -0.2) is 17.6 Å². The number of nitrogens with zero attached hydrogens (tertiary/aromatic N) is 1. The molecule has 0 spiro atoms. The highest BCUT2D eigenvalue weighted by Crippen LogP contribution is 2.18. The topological polar surface area (TPSA) is 39.2 Å². The molecule has 0 aromatic carbocycles. The minimum absolute atomic E-state index is 0.279. The molecule has 0 amide bonds. The van der Waals surface area contributed by atoms with Crippen LogP contribution in [0.3, 0.4) is 0 Å². The molecule has 88 valence electrons. The molecule has 0 aliphatic rings. The standard InChI is InChI=1S/C12H17NO2S/c1-4-5-8-15-12(14)7-6-11-9(2)13-10(3)16-11/h6-7H,4-5,8H2,1-3H3/b7-6+. The van der Waals surface area contributed by atoms with E-state index in [1.807, 2.05) is 13.8 Å². The Bertz CT molecular complexity index is 382. The highest BCUT2D eigenvalue weighted by Gasteiger charge is 2.02. The fraction of sp³-hybridized carbons (Fsp3) is 0.500. The molecule has 3 nitrogen and oxygen atoms in total. The molecule has 0 atom stereocenters. The van der Waals surface area contributed by atoms with E-state index >= 15 is 0 Å². The van der Waals surface area contributed by atoms with Gasteiger partial charge in [0.2, 0.25) is 0 Å². The largest absolute Gasteiger partial charge is 0.463 e. The maximum atomic E-state index is 11.3. The number of thiazole rings is 1. The molecular weight excluding hydrogens is 222 g/mol. The van der Waals surface area contributed by atoms with Gasteiger partial charge in [0.15, 0.2) is 0 Å². The number of rotatable bonds is 5. The zero-order chi connectivity index (χ0) is 12.0. The fourth-order valence-electron chi connectivity index (χ4n) is 1.21. The normalized spacial score (nSPS) is 10.9. The molecule has 0 aliphatic carbocycles. The van der Waals surface area contributed by atoms with Crippen LogP contribution < -0.4 is 0 Å². The summed E-state index contributed by atoms with van der Waals surface area (Å²) in [6, 6.07) is 0. The molecule has 0 fully saturated rings. The summed E-state index contributed by atoms with van der Waals surface area (Å²) in [5.74, 6) is -0.279. The van der Waals surface area contributed by atoms with Crippen LogP contribution >= 0.6 is 11.3 Å². The second kappa shape index (κ2) is 6.43. The lowest BCUT2D eigenvalue weighted by Crippen LogP contribution is -2.01. The van der Waals surface area contributed by atoms with E-state index in [4.69, 9.17) is 4.74 Å². The molecule has 0 N–H and O–H groups in total. The molecule has 4 heteroatoms. The minimum atomic E-state index is -0.279. The molecule has 0 radical (unpaired) electrons. The van der Waals surface area contributed by atoms with Gasteiger partial charge in [-0.1, -0.05) is 13.3 Å². The first kappa shape index (κ1) is 12.9. The van der Waals surface area contributed by atoms with Crippen molar-refractivity contribution in [2.75, 3.05) is 6.61 Å². The van der Waals surface area contributed by atoms with E-state index in [1.54, 1.807) is 17.4 Å². The molecule has 0 saturated heterocycles. The van der Waals surface area contributed by atoms with Gasteiger partial charge in [0, 0.05) is 6.08 Å². The molecule has 1 aromatic rings. The third kappa shape index (κ3) is 4.14. The van der Waals surface area contributed by atoms with Crippen LogP contribution in [0.4, 0.5) is 0 Å². The summed E-state index contributed by atoms with van der Waals surface area (Å²) in [5.41, 5.74) is 0.958. The fourth-order valence-corrected chi connectivity index (χ4v) is 2.04. The number of esters is 1. The third-order valence-electron chi connectivity index (χ3n) is 2.05. The van der Waals surface area contributed by atoms with Crippen LogP contribution in [-0.2, 0) is 9.53 Å². The predicted octanol–water partition coefficient (Wildman–Crippen LogP) is 3.12. The molecule has 1 rings (SSSR count). The van der Waals surface area contributed by atoms with Crippen molar-refractivity contribution >= 4 is 23.4 Å². The van der Waals surface area contributed by atoms with Gasteiger partial charge in [0.25, 0.3) is 0 Å². The summed E-state index contributed by atoms with van der Waals surface area (Å²) >= 11 is 1.58. The van der Waals surface area contributed by atoms with Crippen LogP contribution in [0.15, 0.2) is 6.08 Å². The molecule has 16 heavy (non-hydrogen) atoms.